The Labute approximate surface area is 142 Å². The number of halogens is 2. The Morgan fingerprint density at radius 1 is 1.25 bits per heavy atom. The predicted molar refractivity (Wildman–Crippen MR) is 85.9 cm³/mol. The quantitative estimate of drug-likeness (QED) is 0.605. The summed E-state index contributed by atoms with van der Waals surface area (Å²) >= 11 is 1.24. The number of thioether (sulfide) groups is 1. The molecule has 3 rings (SSSR count). The number of tetrazole rings is 1. The molecule has 0 bridgehead atoms. The van der Waals surface area contributed by atoms with E-state index in [1.54, 1.807) is 11.6 Å². The lowest BCUT2D eigenvalue weighted by Gasteiger charge is -2.22. The van der Waals surface area contributed by atoms with Gasteiger partial charge in [-0.3, -0.25) is 4.79 Å². The van der Waals surface area contributed by atoms with Gasteiger partial charge in [0.2, 0.25) is 5.16 Å². The molecule has 1 atom stereocenters. The molecule has 1 aliphatic rings. The highest BCUT2D eigenvalue weighted by Gasteiger charge is 2.24. The summed E-state index contributed by atoms with van der Waals surface area (Å²) < 4.78 is 28.1. The topological polar surface area (TPSA) is 60.7 Å². The third-order valence-electron chi connectivity index (χ3n) is 4.24. The van der Waals surface area contributed by atoms with Crippen LogP contribution in [-0.2, 0) is 0 Å². The number of ketones is 1. The van der Waals surface area contributed by atoms with Crippen molar-refractivity contribution in [2.24, 2.45) is 0 Å². The van der Waals surface area contributed by atoms with E-state index >= 15 is 0 Å². The molecular weight excluding hydrogens is 334 g/mol. The number of Topliss-reactive ketones (excluding diaryl/α,β-unsaturated/α-hetero) is 1. The minimum absolute atomic E-state index is 0.144. The molecule has 0 aliphatic heterocycles. The van der Waals surface area contributed by atoms with Crippen LogP contribution in [0.5, 0.6) is 0 Å². The van der Waals surface area contributed by atoms with Gasteiger partial charge in [0.05, 0.1) is 11.3 Å². The monoisotopic (exact) mass is 352 g/mol. The van der Waals surface area contributed by atoms with E-state index in [1.165, 1.54) is 24.2 Å². The van der Waals surface area contributed by atoms with E-state index in [4.69, 9.17) is 0 Å². The van der Waals surface area contributed by atoms with Crippen LogP contribution in [0.3, 0.4) is 0 Å². The number of benzene rings is 1. The van der Waals surface area contributed by atoms with Crippen LogP contribution in [0.25, 0.3) is 0 Å². The predicted octanol–water partition coefficient (Wildman–Crippen LogP) is 3.82. The number of nitrogens with zero attached hydrogens (tertiary/aromatic N) is 4. The van der Waals surface area contributed by atoms with Gasteiger partial charge in [-0.1, -0.05) is 31.0 Å². The SMILES string of the molecule is CC(Sc1nnnn1C1CCCCC1)C(=O)c1ccc(F)c(F)c1. The fourth-order valence-electron chi connectivity index (χ4n) is 2.91. The average Bonchev–Trinajstić information content (AvgIpc) is 3.05. The van der Waals surface area contributed by atoms with E-state index in [2.05, 4.69) is 15.5 Å². The van der Waals surface area contributed by atoms with Crippen molar-refractivity contribution in [3.63, 3.8) is 0 Å². The van der Waals surface area contributed by atoms with Gasteiger partial charge in [-0.2, -0.15) is 0 Å². The third-order valence-corrected chi connectivity index (χ3v) is 5.29. The molecule has 1 aromatic heterocycles. The summed E-state index contributed by atoms with van der Waals surface area (Å²) in [5.41, 5.74) is 0.144. The second-order valence-electron chi connectivity index (χ2n) is 5.95. The van der Waals surface area contributed by atoms with Crippen molar-refractivity contribution in [2.75, 3.05) is 0 Å². The molecule has 1 fully saturated rings. The maximum atomic E-state index is 13.3. The van der Waals surface area contributed by atoms with E-state index in [9.17, 15) is 13.6 Å². The second-order valence-corrected chi connectivity index (χ2v) is 7.26. The molecule has 0 radical (unpaired) electrons. The van der Waals surface area contributed by atoms with Crippen molar-refractivity contribution in [3.8, 4) is 0 Å². The van der Waals surface area contributed by atoms with E-state index in [-0.39, 0.29) is 17.4 Å². The van der Waals surface area contributed by atoms with E-state index in [1.807, 2.05) is 0 Å². The molecule has 1 saturated carbocycles. The van der Waals surface area contributed by atoms with Crippen molar-refractivity contribution in [2.45, 2.75) is 55.5 Å². The van der Waals surface area contributed by atoms with Crippen LogP contribution in [0.15, 0.2) is 23.4 Å². The zero-order valence-corrected chi connectivity index (χ0v) is 14.1. The lowest BCUT2D eigenvalue weighted by molar-refractivity contribution is 0.0993. The zero-order chi connectivity index (χ0) is 17.1. The first kappa shape index (κ1) is 17.0. The van der Waals surface area contributed by atoms with Crippen LogP contribution >= 0.6 is 11.8 Å². The number of aromatic nitrogens is 4. The summed E-state index contributed by atoms with van der Waals surface area (Å²) in [7, 11) is 0. The number of rotatable bonds is 5. The minimum Gasteiger partial charge on any atom is -0.293 e. The van der Waals surface area contributed by atoms with Crippen LogP contribution in [0.2, 0.25) is 0 Å². The Morgan fingerprint density at radius 3 is 2.71 bits per heavy atom. The van der Waals surface area contributed by atoms with Crippen molar-refractivity contribution >= 4 is 17.5 Å². The Balaban J connectivity index is 1.72. The smallest absolute Gasteiger partial charge is 0.210 e. The van der Waals surface area contributed by atoms with E-state index in [0.29, 0.717) is 5.16 Å². The zero-order valence-electron chi connectivity index (χ0n) is 13.3. The molecule has 8 heteroatoms. The molecule has 24 heavy (non-hydrogen) atoms. The largest absolute Gasteiger partial charge is 0.293 e. The number of carbonyl (C=O) groups excluding carboxylic acids is 1. The van der Waals surface area contributed by atoms with Gasteiger partial charge in [0.1, 0.15) is 0 Å². The van der Waals surface area contributed by atoms with Gasteiger partial charge in [0, 0.05) is 5.56 Å². The fraction of sp³-hybridized carbons (Fsp3) is 0.500. The lowest BCUT2D eigenvalue weighted by atomic mass is 9.96. The van der Waals surface area contributed by atoms with Crippen LogP contribution < -0.4 is 0 Å². The van der Waals surface area contributed by atoms with Crippen molar-refractivity contribution in [3.05, 3.63) is 35.4 Å². The van der Waals surface area contributed by atoms with Gasteiger partial charge >= 0.3 is 0 Å². The standard InChI is InChI=1S/C16H18F2N4OS/c1-10(15(23)11-7-8-13(17)14(18)9-11)24-16-19-20-21-22(16)12-5-3-2-4-6-12/h7-10,12H,2-6H2,1H3. The van der Waals surface area contributed by atoms with Crippen molar-refractivity contribution in [1.82, 2.24) is 20.2 Å². The average molecular weight is 352 g/mol. The van der Waals surface area contributed by atoms with E-state index < -0.39 is 16.9 Å². The van der Waals surface area contributed by atoms with Crippen molar-refractivity contribution in [1.29, 1.82) is 0 Å². The Morgan fingerprint density at radius 2 is 2.00 bits per heavy atom. The second kappa shape index (κ2) is 7.38. The Bertz CT molecular complexity index is 731. The van der Waals surface area contributed by atoms with Crippen LogP contribution in [0, 0.1) is 11.6 Å². The molecule has 1 aromatic carbocycles. The molecule has 1 unspecified atom stereocenters. The highest BCUT2D eigenvalue weighted by Crippen LogP contribution is 2.32. The van der Waals surface area contributed by atoms with Crippen molar-refractivity contribution < 1.29 is 13.6 Å². The fourth-order valence-corrected chi connectivity index (χ4v) is 3.85. The van der Waals surface area contributed by atoms with Crippen LogP contribution in [-0.4, -0.2) is 31.2 Å². The molecule has 5 nitrogen and oxygen atoms in total. The number of hydrogen-bond acceptors (Lipinski definition) is 5. The Kier molecular flexibility index (Phi) is 5.23. The number of hydrogen-bond donors (Lipinski definition) is 0. The summed E-state index contributed by atoms with van der Waals surface area (Å²) in [6, 6.07) is 3.45. The highest BCUT2D eigenvalue weighted by atomic mass is 32.2. The molecule has 0 N–H and O–H groups in total. The minimum atomic E-state index is -1.02. The first-order chi connectivity index (χ1) is 11.6. The van der Waals surface area contributed by atoms with Gasteiger partial charge in [-0.05, 0) is 48.4 Å². The summed E-state index contributed by atoms with van der Waals surface area (Å²) in [4.78, 5) is 12.4. The molecule has 0 saturated heterocycles. The lowest BCUT2D eigenvalue weighted by Crippen LogP contribution is -2.18. The molecule has 2 aromatic rings. The molecule has 1 aliphatic carbocycles. The molecule has 128 valence electrons. The highest BCUT2D eigenvalue weighted by molar-refractivity contribution is 8.00. The van der Waals surface area contributed by atoms with Gasteiger partial charge < -0.3 is 0 Å². The maximum Gasteiger partial charge on any atom is 0.210 e. The molecular formula is C16H18F2N4OS. The normalized spacial score (nSPS) is 17.0. The maximum absolute atomic E-state index is 13.3. The third kappa shape index (κ3) is 3.63. The summed E-state index contributed by atoms with van der Waals surface area (Å²) in [6.45, 7) is 1.72. The molecule has 0 amide bonds. The van der Waals surface area contributed by atoms with Gasteiger partial charge in [0.15, 0.2) is 17.4 Å². The number of carbonyl (C=O) groups is 1. The Hall–Kier alpha value is -1.83. The van der Waals surface area contributed by atoms with Gasteiger partial charge in [-0.15, -0.1) is 5.10 Å². The van der Waals surface area contributed by atoms with E-state index in [0.717, 1.165) is 37.8 Å². The summed E-state index contributed by atoms with van der Waals surface area (Å²) in [5.74, 6) is -2.27. The van der Waals surface area contributed by atoms with Crippen LogP contribution in [0.4, 0.5) is 8.78 Å². The molecule has 0 spiro atoms. The summed E-state index contributed by atoms with van der Waals surface area (Å²) in [6.07, 6.45) is 5.59. The van der Waals surface area contributed by atoms with Gasteiger partial charge in [0.25, 0.3) is 0 Å². The first-order valence-electron chi connectivity index (χ1n) is 8.00. The molecule has 1 heterocycles. The van der Waals surface area contributed by atoms with Crippen LogP contribution in [0.1, 0.15) is 55.4 Å². The van der Waals surface area contributed by atoms with Gasteiger partial charge in [-0.25, -0.2) is 13.5 Å². The summed E-state index contributed by atoms with van der Waals surface area (Å²) in [5, 5.41) is 11.9. The first-order valence-corrected chi connectivity index (χ1v) is 8.88.